The SMILES string of the molecule is O=C(c1ccccc1F)N1CCC[C@H](O)C1. The number of amides is 1. The summed E-state index contributed by atoms with van der Waals surface area (Å²) >= 11 is 0. The topological polar surface area (TPSA) is 40.5 Å². The molecule has 2 rings (SSSR count). The summed E-state index contributed by atoms with van der Waals surface area (Å²) in [6, 6.07) is 5.93. The van der Waals surface area contributed by atoms with Gasteiger partial charge in [-0.3, -0.25) is 4.79 Å². The summed E-state index contributed by atoms with van der Waals surface area (Å²) in [4.78, 5) is 13.4. The van der Waals surface area contributed by atoms with Crippen molar-refractivity contribution < 1.29 is 14.3 Å². The van der Waals surface area contributed by atoms with E-state index in [9.17, 15) is 14.3 Å². The molecule has 1 heterocycles. The predicted molar refractivity (Wildman–Crippen MR) is 57.5 cm³/mol. The van der Waals surface area contributed by atoms with Crippen LogP contribution in [0.1, 0.15) is 23.2 Å². The van der Waals surface area contributed by atoms with Gasteiger partial charge in [-0.15, -0.1) is 0 Å². The number of hydrogen-bond acceptors (Lipinski definition) is 2. The Morgan fingerprint density at radius 3 is 2.88 bits per heavy atom. The molecular weight excluding hydrogens is 209 g/mol. The van der Waals surface area contributed by atoms with Gasteiger partial charge in [-0.1, -0.05) is 12.1 Å². The molecule has 1 aromatic carbocycles. The third kappa shape index (κ3) is 2.22. The molecule has 3 nitrogen and oxygen atoms in total. The minimum absolute atomic E-state index is 0.0802. The number of aliphatic hydroxyl groups excluding tert-OH is 1. The number of carbonyl (C=O) groups excluding carboxylic acids is 1. The maximum atomic E-state index is 13.4. The minimum atomic E-state index is -0.507. The highest BCUT2D eigenvalue weighted by Crippen LogP contribution is 2.15. The van der Waals surface area contributed by atoms with Crippen molar-refractivity contribution in [3.05, 3.63) is 35.6 Å². The summed E-state index contributed by atoms with van der Waals surface area (Å²) in [6.45, 7) is 0.886. The molecule has 0 aliphatic carbocycles. The summed E-state index contributed by atoms with van der Waals surface area (Å²) in [5, 5.41) is 9.46. The van der Waals surface area contributed by atoms with Crippen LogP contribution in [0.4, 0.5) is 4.39 Å². The quantitative estimate of drug-likeness (QED) is 0.782. The number of likely N-dealkylation sites (tertiary alicyclic amines) is 1. The van der Waals surface area contributed by atoms with Gasteiger partial charge in [-0.2, -0.15) is 0 Å². The van der Waals surface area contributed by atoms with Crippen LogP contribution >= 0.6 is 0 Å². The van der Waals surface area contributed by atoms with Crippen LogP contribution in [-0.4, -0.2) is 35.1 Å². The van der Waals surface area contributed by atoms with E-state index in [2.05, 4.69) is 0 Å². The molecule has 86 valence electrons. The number of aliphatic hydroxyl groups is 1. The van der Waals surface area contributed by atoms with Gasteiger partial charge in [0.25, 0.3) is 5.91 Å². The van der Waals surface area contributed by atoms with Gasteiger partial charge in [0.1, 0.15) is 5.82 Å². The van der Waals surface area contributed by atoms with Crippen molar-refractivity contribution in [2.24, 2.45) is 0 Å². The molecule has 1 saturated heterocycles. The molecule has 1 aliphatic heterocycles. The van der Waals surface area contributed by atoms with E-state index >= 15 is 0 Å². The lowest BCUT2D eigenvalue weighted by Gasteiger charge is -2.30. The van der Waals surface area contributed by atoms with E-state index < -0.39 is 11.9 Å². The normalized spacial score (nSPS) is 20.9. The number of halogens is 1. The summed E-state index contributed by atoms with van der Waals surface area (Å²) in [6.07, 6.45) is 0.993. The first-order chi connectivity index (χ1) is 7.68. The van der Waals surface area contributed by atoms with Gasteiger partial charge in [-0.05, 0) is 25.0 Å². The van der Waals surface area contributed by atoms with E-state index in [4.69, 9.17) is 0 Å². The average Bonchev–Trinajstić information content (AvgIpc) is 2.29. The molecule has 1 N–H and O–H groups in total. The molecular formula is C12H14FNO2. The standard InChI is InChI=1S/C12H14FNO2/c13-11-6-2-1-5-10(11)12(16)14-7-3-4-9(15)8-14/h1-2,5-6,9,15H,3-4,7-8H2/t9-/m0/s1. The molecule has 0 spiro atoms. The Morgan fingerprint density at radius 2 is 2.19 bits per heavy atom. The molecule has 1 aliphatic rings. The zero-order valence-corrected chi connectivity index (χ0v) is 8.90. The smallest absolute Gasteiger partial charge is 0.256 e. The summed E-state index contributed by atoms with van der Waals surface area (Å²) < 4.78 is 13.4. The Morgan fingerprint density at radius 1 is 1.44 bits per heavy atom. The number of benzene rings is 1. The number of nitrogens with zero attached hydrogens (tertiary/aromatic N) is 1. The van der Waals surface area contributed by atoms with Crippen LogP contribution in [0.2, 0.25) is 0 Å². The van der Waals surface area contributed by atoms with Crippen molar-refractivity contribution in [3.63, 3.8) is 0 Å². The van der Waals surface area contributed by atoms with Gasteiger partial charge in [0.15, 0.2) is 0 Å². The zero-order valence-electron chi connectivity index (χ0n) is 8.90. The van der Waals surface area contributed by atoms with Crippen LogP contribution in [0.15, 0.2) is 24.3 Å². The summed E-state index contributed by atoms with van der Waals surface area (Å²) in [5.74, 6) is -0.843. The van der Waals surface area contributed by atoms with Crippen LogP contribution in [0.5, 0.6) is 0 Å². The molecule has 1 atom stereocenters. The van der Waals surface area contributed by atoms with Crippen LogP contribution in [0.3, 0.4) is 0 Å². The third-order valence-electron chi connectivity index (χ3n) is 2.79. The molecule has 0 aromatic heterocycles. The fourth-order valence-electron chi connectivity index (χ4n) is 1.94. The maximum Gasteiger partial charge on any atom is 0.256 e. The van der Waals surface area contributed by atoms with Crippen LogP contribution < -0.4 is 0 Å². The molecule has 0 saturated carbocycles. The van der Waals surface area contributed by atoms with Crippen molar-refractivity contribution in [2.75, 3.05) is 13.1 Å². The van der Waals surface area contributed by atoms with E-state index in [1.807, 2.05) is 0 Å². The van der Waals surface area contributed by atoms with Crippen molar-refractivity contribution in [3.8, 4) is 0 Å². The van der Waals surface area contributed by atoms with Crippen LogP contribution in [-0.2, 0) is 0 Å². The molecule has 1 aromatic rings. The molecule has 4 heteroatoms. The zero-order chi connectivity index (χ0) is 11.5. The minimum Gasteiger partial charge on any atom is -0.391 e. The monoisotopic (exact) mass is 223 g/mol. The van der Waals surface area contributed by atoms with Crippen molar-refractivity contribution in [1.82, 2.24) is 4.90 Å². The Labute approximate surface area is 93.5 Å². The lowest BCUT2D eigenvalue weighted by molar-refractivity contribution is 0.0470. The Kier molecular flexibility index (Phi) is 3.19. The maximum absolute atomic E-state index is 13.4. The summed E-state index contributed by atoms with van der Waals surface area (Å²) in [7, 11) is 0. The largest absolute Gasteiger partial charge is 0.391 e. The second kappa shape index (κ2) is 4.61. The van der Waals surface area contributed by atoms with E-state index in [-0.39, 0.29) is 11.5 Å². The Bertz CT molecular complexity index is 394. The highest BCUT2D eigenvalue weighted by atomic mass is 19.1. The lowest BCUT2D eigenvalue weighted by Crippen LogP contribution is -2.42. The molecule has 16 heavy (non-hydrogen) atoms. The number of β-amino-alcohol motifs (C(OH)–C–C–N with tert-alkyl or cyclic N) is 1. The highest BCUT2D eigenvalue weighted by molar-refractivity contribution is 5.94. The van der Waals surface area contributed by atoms with E-state index in [0.29, 0.717) is 19.5 Å². The van der Waals surface area contributed by atoms with Gasteiger partial charge in [-0.25, -0.2) is 4.39 Å². The Hall–Kier alpha value is -1.42. The fourth-order valence-corrected chi connectivity index (χ4v) is 1.94. The molecule has 0 bridgehead atoms. The third-order valence-corrected chi connectivity index (χ3v) is 2.79. The highest BCUT2D eigenvalue weighted by Gasteiger charge is 2.24. The second-order valence-corrected chi connectivity index (χ2v) is 4.03. The van der Waals surface area contributed by atoms with Crippen molar-refractivity contribution >= 4 is 5.91 Å². The molecule has 1 amide bonds. The van der Waals surface area contributed by atoms with Crippen molar-refractivity contribution in [2.45, 2.75) is 18.9 Å². The molecule has 0 unspecified atom stereocenters. The summed E-state index contributed by atoms with van der Waals surface area (Å²) in [5.41, 5.74) is 0.0802. The van der Waals surface area contributed by atoms with Gasteiger partial charge >= 0.3 is 0 Å². The average molecular weight is 223 g/mol. The molecule has 1 fully saturated rings. The molecule has 0 radical (unpaired) electrons. The fraction of sp³-hybridized carbons (Fsp3) is 0.417. The number of carbonyl (C=O) groups is 1. The second-order valence-electron chi connectivity index (χ2n) is 4.03. The number of piperidine rings is 1. The van der Waals surface area contributed by atoms with Crippen molar-refractivity contribution in [1.29, 1.82) is 0 Å². The first-order valence-electron chi connectivity index (χ1n) is 5.40. The van der Waals surface area contributed by atoms with Gasteiger partial charge in [0.2, 0.25) is 0 Å². The first kappa shape index (κ1) is 11.1. The predicted octanol–water partition coefficient (Wildman–Crippen LogP) is 1.42. The van der Waals surface area contributed by atoms with Gasteiger partial charge in [0.05, 0.1) is 11.7 Å². The first-order valence-corrected chi connectivity index (χ1v) is 5.40. The van der Waals surface area contributed by atoms with Gasteiger partial charge in [0, 0.05) is 13.1 Å². The van der Waals surface area contributed by atoms with E-state index in [1.165, 1.54) is 17.0 Å². The van der Waals surface area contributed by atoms with E-state index in [1.54, 1.807) is 12.1 Å². The lowest BCUT2D eigenvalue weighted by atomic mass is 10.1. The van der Waals surface area contributed by atoms with Crippen LogP contribution in [0.25, 0.3) is 0 Å². The number of rotatable bonds is 1. The van der Waals surface area contributed by atoms with E-state index in [0.717, 1.165) is 6.42 Å². The number of hydrogen-bond donors (Lipinski definition) is 1. The van der Waals surface area contributed by atoms with Crippen LogP contribution in [0, 0.1) is 5.82 Å². The van der Waals surface area contributed by atoms with Gasteiger partial charge < -0.3 is 10.0 Å². The Balaban J connectivity index is 2.16.